The molecule has 0 atom stereocenters. The molecule has 0 saturated heterocycles. The third-order valence-electron chi connectivity index (χ3n) is 3.51. The molecule has 0 saturated carbocycles. The predicted octanol–water partition coefficient (Wildman–Crippen LogP) is 2.57. The van der Waals surface area contributed by atoms with Crippen LogP contribution in [0.4, 0.5) is 0 Å². The molecule has 0 radical (unpaired) electrons. The number of hydrogen-bond acceptors (Lipinski definition) is 8. The first-order valence-corrected chi connectivity index (χ1v) is 15.2. The van der Waals surface area contributed by atoms with Gasteiger partial charge in [0.05, 0.1) is 0 Å². The molecule has 27 heavy (non-hydrogen) atoms. The van der Waals surface area contributed by atoms with E-state index < -0.39 is 43.1 Å². The zero-order valence-electron chi connectivity index (χ0n) is 16.3. The molecule has 0 N–H and O–H groups in total. The Hall–Kier alpha value is -1.84. The summed E-state index contributed by atoms with van der Waals surface area (Å²) in [6.07, 6.45) is 7.01. The van der Waals surface area contributed by atoms with Crippen molar-refractivity contribution in [2.45, 2.75) is 48.4 Å². The maximum atomic E-state index is 12.2. The van der Waals surface area contributed by atoms with Crippen molar-refractivity contribution < 1.29 is 34.8 Å². The molecule has 0 spiro atoms. The van der Waals surface area contributed by atoms with Crippen LogP contribution in [0.15, 0.2) is 24.3 Å². The van der Waals surface area contributed by atoms with Crippen molar-refractivity contribution in [1.82, 2.24) is 0 Å². The SMILES string of the molecule is CCC[CH2][Sn]([CH2]CCC)([O]C(=O)/C=C\C(=O)OC)[O]C(=O)/C=C/C(=O)OC. The van der Waals surface area contributed by atoms with Crippen LogP contribution in [0.2, 0.25) is 8.87 Å². The number of unbranched alkanes of at least 4 members (excludes halogenated alkanes) is 2. The molecule has 0 aromatic carbocycles. The van der Waals surface area contributed by atoms with Crippen LogP contribution in [0.1, 0.15) is 39.5 Å². The first kappa shape index (κ1) is 25.2. The Morgan fingerprint density at radius 3 is 1.30 bits per heavy atom. The third-order valence-corrected chi connectivity index (χ3v) is 13.1. The summed E-state index contributed by atoms with van der Waals surface area (Å²) >= 11 is -4.13. The van der Waals surface area contributed by atoms with Gasteiger partial charge in [-0.05, 0) is 0 Å². The first-order valence-electron chi connectivity index (χ1n) is 8.80. The number of hydrogen-bond donors (Lipinski definition) is 0. The summed E-state index contributed by atoms with van der Waals surface area (Å²) in [5.41, 5.74) is 0. The van der Waals surface area contributed by atoms with Crippen molar-refractivity contribution in [1.29, 1.82) is 0 Å². The molecule has 0 aliphatic carbocycles. The van der Waals surface area contributed by atoms with Gasteiger partial charge in [-0.2, -0.15) is 0 Å². The van der Waals surface area contributed by atoms with Crippen LogP contribution in [0.3, 0.4) is 0 Å². The molecule has 0 fully saturated rings. The summed E-state index contributed by atoms with van der Waals surface area (Å²) in [5, 5.41) is 0. The average Bonchev–Trinajstić information content (AvgIpc) is 2.66. The summed E-state index contributed by atoms with van der Waals surface area (Å²) < 4.78 is 21.1. The molecule has 0 aliphatic rings. The number of carbonyl (C=O) groups is 4. The van der Waals surface area contributed by atoms with Gasteiger partial charge < -0.3 is 0 Å². The van der Waals surface area contributed by atoms with Gasteiger partial charge >= 0.3 is 165 Å². The zero-order chi connectivity index (χ0) is 20.7. The Bertz CT molecular complexity index is 518. The van der Waals surface area contributed by atoms with Crippen LogP contribution < -0.4 is 0 Å². The summed E-state index contributed by atoms with van der Waals surface area (Å²) in [6, 6.07) is 0. The standard InChI is InChI=1S/2C5H6O4.2C4H9.Sn/c2*1-9-5(8)3-2-4(6)7;2*1-3-4-2;/h2*2-3H,1H3,(H,6,7);2*1,3-4H2,2H3;/q;;;;+2/p-2/b3-2+;3-2-;;;. The van der Waals surface area contributed by atoms with Gasteiger partial charge in [-0.25, -0.2) is 0 Å². The van der Waals surface area contributed by atoms with Gasteiger partial charge in [0.2, 0.25) is 0 Å². The number of rotatable bonds is 12. The van der Waals surface area contributed by atoms with E-state index in [9.17, 15) is 19.2 Å². The molecule has 0 aliphatic heterocycles. The van der Waals surface area contributed by atoms with Gasteiger partial charge in [-0.1, -0.05) is 0 Å². The fraction of sp³-hybridized carbons (Fsp3) is 0.556. The number of methoxy groups -OCH3 is 2. The minimum atomic E-state index is -4.13. The normalized spacial score (nSPS) is 11.4. The van der Waals surface area contributed by atoms with E-state index in [1.165, 1.54) is 14.2 Å². The monoisotopic (exact) mass is 492 g/mol. The fourth-order valence-electron chi connectivity index (χ4n) is 2.09. The zero-order valence-corrected chi connectivity index (χ0v) is 19.2. The van der Waals surface area contributed by atoms with E-state index in [-0.39, 0.29) is 0 Å². The van der Waals surface area contributed by atoms with Crippen molar-refractivity contribution in [3.8, 4) is 0 Å². The first-order chi connectivity index (χ1) is 12.8. The van der Waals surface area contributed by atoms with Crippen molar-refractivity contribution in [2.75, 3.05) is 14.2 Å². The summed E-state index contributed by atoms with van der Waals surface area (Å²) in [7, 11) is 2.39. The van der Waals surface area contributed by atoms with Gasteiger partial charge in [0.15, 0.2) is 0 Å². The molecule has 0 bridgehead atoms. The van der Waals surface area contributed by atoms with E-state index in [1.54, 1.807) is 0 Å². The van der Waals surface area contributed by atoms with Crippen molar-refractivity contribution in [2.24, 2.45) is 0 Å². The Kier molecular flexibility index (Phi) is 13.3. The van der Waals surface area contributed by atoms with Crippen LogP contribution in [-0.2, 0) is 34.8 Å². The molecule has 152 valence electrons. The quantitative estimate of drug-likeness (QED) is 0.233. The molecule has 9 heteroatoms. The van der Waals surface area contributed by atoms with Gasteiger partial charge in [0.25, 0.3) is 0 Å². The molecule has 0 aromatic rings. The predicted molar refractivity (Wildman–Crippen MR) is 99.7 cm³/mol. The molecule has 0 unspecified atom stereocenters. The van der Waals surface area contributed by atoms with Crippen LogP contribution in [0.25, 0.3) is 0 Å². The van der Waals surface area contributed by atoms with Crippen LogP contribution >= 0.6 is 0 Å². The van der Waals surface area contributed by atoms with Gasteiger partial charge in [-0.15, -0.1) is 0 Å². The van der Waals surface area contributed by atoms with Gasteiger partial charge in [0.1, 0.15) is 0 Å². The van der Waals surface area contributed by atoms with E-state index in [4.69, 9.17) is 6.15 Å². The van der Waals surface area contributed by atoms with Crippen LogP contribution in [-0.4, -0.2) is 57.3 Å². The summed E-state index contributed by atoms with van der Waals surface area (Å²) in [6.45, 7) is 3.96. The van der Waals surface area contributed by atoms with Crippen LogP contribution in [0, 0.1) is 0 Å². The Balaban J connectivity index is 5.41. The molecular weight excluding hydrogens is 463 g/mol. The average molecular weight is 491 g/mol. The Morgan fingerprint density at radius 2 is 1.00 bits per heavy atom. The Morgan fingerprint density at radius 1 is 0.667 bits per heavy atom. The van der Waals surface area contributed by atoms with E-state index in [1.807, 2.05) is 13.8 Å². The van der Waals surface area contributed by atoms with Crippen molar-refractivity contribution in [3.63, 3.8) is 0 Å². The van der Waals surface area contributed by atoms with E-state index in [0.717, 1.165) is 50.0 Å². The summed E-state index contributed by atoms with van der Waals surface area (Å²) in [5.74, 6) is -2.86. The molecular formula is C18H28O8Sn. The van der Waals surface area contributed by atoms with Crippen molar-refractivity contribution in [3.05, 3.63) is 24.3 Å². The van der Waals surface area contributed by atoms with E-state index >= 15 is 0 Å². The second-order valence-electron chi connectivity index (χ2n) is 5.67. The number of carbonyl (C=O) groups excluding carboxylic acids is 4. The molecule has 0 amide bonds. The van der Waals surface area contributed by atoms with Gasteiger partial charge in [-0.3, -0.25) is 0 Å². The summed E-state index contributed by atoms with van der Waals surface area (Å²) in [4.78, 5) is 46.6. The van der Waals surface area contributed by atoms with Crippen molar-refractivity contribution >= 4 is 43.1 Å². The van der Waals surface area contributed by atoms with Gasteiger partial charge in [0, 0.05) is 0 Å². The molecule has 8 nitrogen and oxygen atoms in total. The molecule has 0 heterocycles. The second kappa shape index (κ2) is 14.2. The number of ether oxygens (including phenoxy) is 2. The maximum absolute atomic E-state index is 12.2. The minimum absolute atomic E-state index is 0.501. The fourth-order valence-corrected chi connectivity index (χ4v) is 11.7. The van der Waals surface area contributed by atoms with E-state index in [2.05, 4.69) is 9.47 Å². The number of esters is 2. The molecule has 0 aromatic heterocycles. The topological polar surface area (TPSA) is 105 Å². The Labute approximate surface area is 164 Å². The molecule has 0 rings (SSSR count). The van der Waals surface area contributed by atoms with E-state index in [0.29, 0.717) is 8.87 Å². The van der Waals surface area contributed by atoms with Crippen LogP contribution in [0.5, 0.6) is 0 Å². The second-order valence-corrected chi connectivity index (χ2v) is 14.9. The third kappa shape index (κ3) is 11.5.